The number of aromatic nitrogens is 2. The topological polar surface area (TPSA) is 41.4 Å². The van der Waals surface area contributed by atoms with Gasteiger partial charge < -0.3 is 9.80 Å². The number of piperazine rings is 1. The van der Waals surface area contributed by atoms with Crippen LogP contribution in [0.3, 0.4) is 0 Å². The number of carbonyl (C=O) groups excluding carboxylic acids is 1. The average Bonchev–Trinajstić information content (AvgIpc) is 2.96. The van der Waals surface area contributed by atoms with Gasteiger partial charge in [0.05, 0.1) is 5.69 Å². The number of benzene rings is 1. The fourth-order valence-corrected chi connectivity index (χ4v) is 2.94. The number of hydrogen-bond acceptors (Lipinski definition) is 3. The van der Waals surface area contributed by atoms with Gasteiger partial charge in [-0.1, -0.05) is 12.1 Å². The molecule has 0 N–H and O–H groups in total. The highest BCUT2D eigenvalue weighted by atomic mass is 19.4. The van der Waals surface area contributed by atoms with Gasteiger partial charge in [-0.3, -0.25) is 9.48 Å². The van der Waals surface area contributed by atoms with Crippen molar-refractivity contribution in [1.82, 2.24) is 14.7 Å². The van der Waals surface area contributed by atoms with Crippen molar-refractivity contribution < 1.29 is 22.4 Å². The Balaban J connectivity index is 1.61. The summed E-state index contributed by atoms with van der Waals surface area (Å²) in [5.74, 6) is -0.628. The van der Waals surface area contributed by atoms with E-state index in [1.807, 2.05) is 4.90 Å². The van der Waals surface area contributed by atoms with Gasteiger partial charge in [0, 0.05) is 31.9 Å². The molecule has 0 spiro atoms. The Morgan fingerprint density at radius 2 is 1.81 bits per heavy atom. The third-order valence-electron chi connectivity index (χ3n) is 4.38. The maximum atomic E-state index is 13.8. The van der Waals surface area contributed by atoms with Crippen LogP contribution in [0, 0.1) is 12.7 Å². The van der Waals surface area contributed by atoms with E-state index < -0.39 is 11.9 Å². The standard InChI is InChI=1S/C17H18F4N4O/c1-12-10-15(17(19,20)21)22-25(12)11-16(26)24-8-6-23(7-9-24)14-5-3-2-4-13(14)18/h2-5,10H,6-9,11H2,1H3. The molecule has 2 aromatic rings. The minimum atomic E-state index is -4.54. The molecule has 1 amide bonds. The molecule has 0 unspecified atom stereocenters. The smallest absolute Gasteiger partial charge is 0.366 e. The molecule has 0 saturated carbocycles. The van der Waals surface area contributed by atoms with E-state index in [0.717, 1.165) is 10.7 Å². The molecule has 5 nitrogen and oxygen atoms in total. The van der Waals surface area contributed by atoms with Gasteiger partial charge in [-0.25, -0.2) is 4.39 Å². The first kappa shape index (κ1) is 18.2. The third-order valence-corrected chi connectivity index (χ3v) is 4.38. The highest BCUT2D eigenvalue weighted by Gasteiger charge is 2.34. The van der Waals surface area contributed by atoms with Crippen LogP contribution >= 0.6 is 0 Å². The molecule has 26 heavy (non-hydrogen) atoms. The summed E-state index contributed by atoms with van der Waals surface area (Å²) in [5.41, 5.74) is -0.250. The summed E-state index contributed by atoms with van der Waals surface area (Å²) >= 11 is 0. The lowest BCUT2D eigenvalue weighted by Gasteiger charge is -2.36. The Hall–Kier alpha value is -2.58. The number of hydrogen-bond donors (Lipinski definition) is 0. The van der Waals surface area contributed by atoms with Crippen molar-refractivity contribution in [3.05, 3.63) is 47.5 Å². The summed E-state index contributed by atoms with van der Waals surface area (Å²) in [6, 6.07) is 7.34. The minimum Gasteiger partial charge on any atom is -0.366 e. The van der Waals surface area contributed by atoms with E-state index in [-0.39, 0.29) is 24.0 Å². The van der Waals surface area contributed by atoms with Gasteiger partial charge in [0.2, 0.25) is 5.91 Å². The summed E-state index contributed by atoms with van der Waals surface area (Å²) in [4.78, 5) is 15.8. The predicted octanol–water partition coefficient (Wildman–Crippen LogP) is 2.70. The Labute approximate surface area is 147 Å². The Bertz CT molecular complexity index is 794. The molecule has 1 aliphatic heterocycles. The van der Waals surface area contributed by atoms with E-state index in [0.29, 0.717) is 31.9 Å². The number of para-hydroxylation sites is 1. The van der Waals surface area contributed by atoms with E-state index in [4.69, 9.17) is 0 Å². The van der Waals surface area contributed by atoms with Crippen LogP contribution in [-0.2, 0) is 17.5 Å². The zero-order valence-corrected chi connectivity index (χ0v) is 14.1. The number of halogens is 4. The molecule has 0 bridgehead atoms. The quantitative estimate of drug-likeness (QED) is 0.781. The molecule has 0 radical (unpaired) electrons. The van der Waals surface area contributed by atoms with Crippen LogP contribution < -0.4 is 4.90 Å². The molecule has 1 aromatic heterocycles. The normalized spacial score (nSPS) is 15.4. The molecular formula is C17H18F4N4O. The first-order valence-corrected chi connectivity index (χ1v) is 8.14. The fraction of sp³-hybridized carbons (Fsp3) is 0.412. The monoisotopic (exact) mass is 370 g/mol. The first-order valence-electron chi connectivity index (χ1n) is 8.14. The van der Waals surface area contributed by atoms with Crippen LogP contribution in [-0.4, -0.2) is 46.8 Å². The highest BCUT2D eigenvalue weighted by Crippen LogP contribution is 2.28. The molecule has 0 atom stereocenters. The van der Waals surface area contributed by atoms with E-state index in [2.05, 4.69) is 5.10 Å². The van der Waals surface area contributed by atoms with Crippen LogP contribution in [0.15, 0.2) is 30.3 Å². The number of rotatable bonds is 3. The van der Waals surface area contributed by atoms with Gasteiger partial charge >= 0.3 is 6.18 Å². The van der Waals surface area contributed by atoms with Gasteiger partial charge in [0.25, 0.3) is 0 Å². The van der Waals surface area contributed by atoms with Gasteiger partial charge in [-0.2, -0.15) is 18.3 Å². The van der Waals surface area contributed by atoms with E-state index in [9.17, 15) is 22.4 Å². The van der Waals surface area contributed by atoms with E-state index in [1.165, 1.54) is 13.0 Å². The molecule has 1 fully saturated rings. The summed E-state index contributed by atoms with van der Waals surface area (Å²) < 4.78 is 53.0. The largest absolute Gasteiger partial charge is 0.435 e. The Morgan fingerprint density at radius 1 is 1.15 bits per heavy atom. The Kier molecular flexibility index (Phi) is 4.88. The maximum Gasteiger partial charge on any atom is 0.435 e. The maximum absolute atomic E-state index is 13.8. The number of anilines is 1. The van der Waals surface area contributed by atoms with Gasteiger partial charge in [0.1, 0.15) is 12.4 Å². The lowest BCUT2D eigenvalue weighted by molar-refractivity contribution is -0.142. The van der Waals surface area contributed by atoms with Crippen molar-refractivity contribution in [3.63, 3.8) is 0 Å². The number of amides is 1. The van der Waals surface area contributed by atoms with E-state index >= 15 is 0 Å². The predicted molar refractivity (Wildman–Crippen MR) is 87.2 cm³/mol. The fourth-order valence-electron chi connectivity index (χ4n) is 2.94. The third kappa shape index (κ3) is 3.81. The van der Waals surface area contributed by atoms with Crippen LogP contribution in [0.25, 0.3) is 0 Å². The minimum absolute atomic E-state index is 0.248. The summed E-state index contributed by atoms with van der Waals surface area (Å²) in [7, 11) is 0. The van der Waals surface area contributed by atoms with Crippen LogP contribution in [0.5, 0.6) is 0 Å². The van der Waals surface area contributed by atoms with Crippen LogP contribution in [0.2, 0.25) is 0 Å². The second-order valence-corrected chi connectivity index (χ2v) is 6.15. The van der Waals surface area contributed by atoms with Crippen molar-refractivity contribution in [1.29, 1.82) is 0 Å². The molecular weight excluding hydrogens is 352 g/mol. The molecule has 1 aliphatic rings. The molecule has 1 saturated heterocycles. The van der Waals surface area contributed by atoms with Gasteiger partial charge in [-0.15, -0.1) is 0 Å². The zero-order valence-electron chi connectivity index (χ0n) is 14.1. The zero-order chi connectivity index (χ0) is 18.9. The summed E-state index contributed by atoms with van der Waals surface area (Å²) in [6.07, 6.45) is -4.54. The molecule has 3 rings (SSSR count). The number of carbonyl (C=O) groups is 1. The second kappa shape index (κ2) is 6.97. The molecule has 1 aromatic carbocycles. The number of aryl methyl sites for hydroxylation is 1. The highest BCUT2D eigenvalue weighted by molar-refractivity contribution is 5.76. The van der Waals surface area contributed by atoms with Crippen LogP contribution in [0.1, 0.15) is 11.4 Å². The summed E-state index contributed by atoms with van der Waals surface area (Å²) in [5, 5.41) is 3.47. The second-order valence-electron chi connectivity index (χ2n) is 6.15. The van der Waals surface area contributed by atoms with Gasteiger partial charge in [0.15, 0.2) is 5.69 Å². The Morgan fingerprint density at radius 3 is 2.38 bits per heavy atom. The summed E-state index contributed by atoms with van der Waals surface area (Å²) in [6.45, 7) is 2.89. The lowest BCUT2D eigenvalue weighted by atomic mass is 10.2. The molecule has 9 heteroatoms. The molecule has 2 heterocycles. The average molecular weight is 370 g/mol. The van der Waals surface area contributed by atoms with Crippen LogP contribution in [0.4, 0.5) is 23.2 Å². The van der Waals surface area contributed by atoms with Crippen molar-refractivity contribution in [3.8, 4) is 0 Å². The van der Waals surface area contributed by atoms with Crippen molar-refractivity contribution in [2.24, 2.45) is 0 Å². The van der Waals surface area contributed by atoms with Crippen molar-refractivity contribution in [2.75, 3.05) is 31.1 Å². The van der Waals surface area contributed by atoms with Crippen molar-refractivity contribution >= 4 is 11.6 Å². The molecule has 140 valence electrons. The van der Waals surface area contributed by atoms with E-state index in [1.54, 1.807) is 23.1 Å². The molecule has 0 aliphatic carbocycles. The SMILES string of the molecule is Cc1cc(C(F)(F)F)nn1CC(=O)N1CCN(c2ccccc2F)CC1. The number of nitrogens with zero attached hydrogens (tertiary/aromatic N) is 4. The first-order chi connectivity index (χ1) is 12.3. The number of alkyl halides is 3. The lowest BCUT2D eigenvalue weighted by Crippen LogP contribution is -2.50. The van der Waals surface area contributed by atoms with Gasteiger partial charge in [-0.05, 0) is 25.1 Å². The van der Waals surface area contributed by atoms with Crippen molar-refractivity contribution in [2.45, 2.75) is 19.6 Å².